The fraction of sp³-hybridized carbons (Fsp3) is 0.462. The van der Waals surface area contributed by atoms with Crippen LogP contribution in [0.4, 0.5) is 11.4 Å². The molecule has 34 heavy (non-hydrogen) atoms. The molecule has 0 atom stereocenters. The van der Waals surface area contributed by atoms with Crippen LogP contribution in [-0.4, -0.2) is 62.8 Å². The van der Waals surface area contributed by atoms with Gasteiger partial charge in [-0.1, -0.05) is 13.8 Å². The molecule has 2 aliphatic rings. The average molecular weight is 467 g/mol. The van der Waals surface area contributed by atoms with E-state index in [0.29, 0.717) is 34.9 Å². The molecule has 1 saturated heterocycles. The molecule has 0 radical (unpaired) electrons. The molecule has 2 N–H and O–H groups in total. The molecule has 2 amide bonds. The Morgan fingerprint density at radius 3 is 2.47 bits per heavy atom. The molecule has 0 spiro atoms. The third-order valence-electron chi connectivity index (χ3n) is 6.44. The van der Waals surface area contributed by atoms with Crippen molar-refractivity contribution >= 4 is 23.2 Å². The molecule has 8 heteroatoms. The quantitative estimate of drug-likeness (QED) is 0.586. The molecule has 4 rings (SSSR count). The average Bonchev–Trinajstić information content (AvgIpc) is 3.35. The minimum absolute atomic E-state index is 0.119. The number of hydrogen-bond donors (Lipinski definition) is 2. The van der Waals surface area contributed by atoms with E-state index in [1.165, 1.54) is 6.42 Å². The van der Waals surface area contributed by atoms with Crippen molar-refractivity contribution in [3.63, 3.8) is 0 Å². The van der Waals surface area contributed by atoms with Crippen LogP contribution in [0, 0.1) is 0 Å². The van der Waals surface area contributed by atoms with Gasteiger partial charge < -0.3 is 29.9 Å². The van der Waals surface area contributed by atoms with Crippen molar-refractivity contribution in [2.75, 3.05) is 56.3 Å². The zero-order chi connectivity index (χ0) is 23.9. The first kappa shape index (κ1) is 23.9. The van der Waals surface area contributed by atoms with Gasteiger partial charge in [0.05, 0.1) is 5.56 Å². The Balaban J connectivity index is 1.51. The Kier molecular flexibility index (Phi) is 7.90. The molecule has 2 aromatic carbocycles. The lowest BCUT2D eigenvalue weighted by Crippen LogP contribution is -2.36. The van der Waals surface area contributed by atoms with Gasteiger partial charge in [0.15, 0.2) is 11.5 Å². The highest BCUT2D eigenvalue weighted by atomic mass is 16.7. The number of anilines is 2. The summed E-state index contributed by atoms with van der Waals surface area (Å²) in [6.45, 7) is 9.54. The second-order valence-corrected chi connectivity index (χ2v) is 8.58. The highest BCUT2D eigenvalue weighted by Crippen LogP contribution is 2.33. The Hall–Kier alpha value is -3.26. The van der Waals surface area contributed by atoms with Crippen LogP contribution in [0.1, 0.15) is 53.8 Å². The fourth-order valence-electron chi connectivity index (χ4n) is 4.41. The molecular formula is C26H34N4O4. The van der Waals surface area contributed by atoms with Crippen molar-refractivity contribution in [3.8, 4) is 11.5 Å². The summed E-state index contributed by atoms with van der Waals surface area (Å²) in [5.41, 5.74) is 2.55. The van der Waals surface area contributed by atoms with Crippen molar-refractivity contribution in [1.29, 1.82) is 0 Å². The predicted molar refractivity (Wildman–Crippen MR) is 133 cm³/mol. The van der Waals surface area contributed by atoms with Crippen LogP contribution >= 0.6 is 0 Å². The van der Waals surface area contributed by atoms with E-state index in [-0.39, 0.29) is 18.6 Å². The number of fused-ring (bicyclic) bond motifs is 1. The molecule has 0 bridgehead atoms. The summed E-state index contributed by atoms with van der Waals surface area (Å²) in [5.74, 6) is 0.802. The van der Waals surface area contributed by atoms with Gasteiger partial charge in [0.25, 0.3) is 11.8 Å². The summed E-state index contributed by atoms with van der Waals surface area (Å²) in [7, 11) is 0. The third-order valence-corrected chi connectivity index (χ3v) is 6.44. The normalized spacial score (nSPS) is 14.9. The summed E-state index contributed by atoms with van der Waals surface area (Å²) >= 11 is 0. The van der Waals surface area contributed by atoms with E-state index in [4.69, 9.17) is 9.47 Å². The van der Waals surface area contributed by atoms with E-state index in [2.05, 4.69) is 34.3 Å². The monoisotopic (exact) mass is 466 g/mol. The van der Waals surface area contributed by atoms with Gasteiger partial charge in [0.2, 0.25) is 6.79 Å². The molecule has 0 aromatic heterocycles. The topological polar surface area (TPSA) is 83.1 Å². The number of carbonyl (C=O) groups is 2. The van der Waals surface area contributed by atoms with Crippen LogP contribution in [0.3, 0.4) is 0 Å². The first-order valence-corrected chi connectivity index (χ1v) is 12.2. The summed E-state index contributed by atoms with van der Waals surface area (Å²) in [4.78, 5) is 30.6. The summed E-state index contributed by atoms with van der Waals surface area (Å²) in [5, 5.41) is 5.99. The molecule has 2 aromatic rings. The van der Waals surface area contributed by atoms with Gasteiger partial charge in [-0.15, -0.1) is 0 Å². The van der Waals surface area contributed by atoms with Crippen LogP contribution in [-0.2, 0) is 0 Å². The van der Waals surface area contributed by atoms with Gasteiger partial charge in [-0.25, -0.2) is 0 Å². The lowest BCUT2D eigenvalue weighted by Gasteiger charge is -2.30. The number of hydrogen-bond acceptors (Lipinski definition) is 6. The number of nitrogens with one attached hydrogen (secondary N) is 2. The van der Waals surface area contributed by atoms with Crippen molar-refractivity contribution in [3.05, 3.63) is 47.5 Å². The number of piperidine rings is 1. The third kappa shape index (κ3) is 5.62. The minimum atomic E-state index is -0.267. The maximum absolute atomic E-state index is 13.2. The predicted octanol–water partition coefficient (Wildman–Crippen LogP) is 3.73. The maximum atomic E-state index is 13.2. The Morgan fingerprint density at radius 1 is 0.941 bits per heavy atom. The largest absolute Gasteiger partial charge is 0.454 e. The number of likely N-dealkylation sites (N-methyl/N-ethyl adjacent to an activating group) is 1. The molecule has 0 aliphatic carbocycles. The van der Waals surface area contributed by atoms with Crippen molar-refractivity contribution < 1.29 is 19.1 Å². The lowest BCUT2D eigenvalue weighted by atomic mass is 10.1. The second kappa shape index (κ2) is 11.2. The SMILES string of the molecule is CCN(CC)CCNC(=O)c1cc(NC(=O)c2ccc3c(c2)OCO3)ccc1N1CCCCC1. The summed E-state index contributed by atoms with van der Waals surface area (Å²) < 4.78 is 10.7. The summed E-state index contributed by atoms with van der Waals surface area (Å²) in [6.07, 6.45) is 3.45. The van der Waals surface area contributed by atoms with Crippen LogP contribution in [0.25, 0.3) is 0 Å². The Morgan fingerprint density at radius 2 is 1.71 bits per heavy atom. The fourth-order valence-corrected chi connectivity index (χ4v) is 4.41. The molecule has 8 nitrogen and oxygen atoms in total. The van der Waals surface area contributed by atoms with Gasteiger partial charge in [-0.2, -0.15) is 0 Å². The number of ether oxygens (including phenoxy) is 2. The molecule has 0 unspecified atom stereocenters. The first-order chi connectivity index (χ1) is 16.6. The van der Waals surface area contributed by atoms with Crippen molar-refractivity contribution in [2.45, 2.75) is 33.1 Å². The van der Waals surface area contributed by atoms with Crippen LogP contribution in [0.5, 0.6) is 11.5 Å². The van der Waals surface area contributed by atoms with Crippen molar-refractivity contribution in [2.24, 2.45) is 0 Å². The minimum Gasteiger partial charge on any atom is -0.454 e. The first-order valence-electron chi connectivity index (χ1n) is 12.2. The summed E-state index contributed by atoms with van der Waals surface area (Å²) in [6, 6.07) is 10.7. The molecule has 182 valence electrons. The number of benzene rings is 2. The van der Waals surface area contributed by atoms with E-state index in [0.717, 1.165) is 51.3 Å². The van der Waals surface area contributed by atoms with E-state index in [1.54, 1.807) is 24.3 Å². The second-order valence-electron chi connectivity index (χ2n) is 8.58. The van der Waals surface area contributed by atoms with Gasteiger partial charge >= 0.3 is 0 Å². The number of carbonyl (C=O) groups excluding carboxylic acids is 2. The lowest BCUT2D eigenvalue weighted by molar-refractivity contribution is 0.0948. The molecule has 1 fully saturated rings. The zero-order valence-corrected chi connectivity index (χ0v) is 20.1. The van der Waals surface area contributed by atoms with Crippen LogP contribution in [0.15, 0.2) is 36.4 Å². The molecule has 2 heterocycles. The highest BCUT2D eigenvalue weighted by Gasteiger charge is 2.21. The Labute approximate surface area is 201 Å². The van der Waals surface area contributed by atoms with E-state index in [1.807, 2.05) is 12.1 Å². The van der Waals surface area contributed by atoms with Gasteiger partial charge in [0, 0.05) is 43.1 Å². The smallest absolute Gasteiger partial charge is 0.255 e. The Bertz CT molecular complexity index is 1020. The standard InChI is InChI=1S/C26H34N4O4/c1-3-29(4-2)15-12-27-26(32)21-17-20(9-10-22(21)30-13-6-5-7-14-30)28-25(31)19-8-11-23-24(16-19)34-18-33-23/h8-11,16-17H,3-7,12-15,18H2,1-2H3,(H,27,32)(H,28,31). The molecule has 0 saturated carbocycles. The van der Waals surface area contributed by atoms with Gasteiger partial charge in [0.1, 0.15) is 0 Å². The number of amides is 2. The molecule has 2 aliphatic heterocycles. The van der Waals surface area contributed by atoms with E-state index in [9.17, 15) is 9.59 Å². The van der Waals surface area contributed by atoms with Gasteiger partial charge in [-0.3, -0.25) is 9.59 Å². The number of nitrogens with zero attached hydrogens (tertiary/aromatic N) is 2. The maximum Gasteiger partial charge on any atom is 0.255 e. The van der Waals surface area contributed by atoms with Gasteiger partial charge in [-0.05, 0) is 68.8 Å². The zero-order valence-electron chi connectivity index (χ0n) is 20.1. The van der Waals surface area contributed by atoms with Crippen molar-refractivity contribution in [1.82, 2.24) is 10.2 Å². The number of rotatable bonds is 9. The van der Waals surface area contributed by atoms with E-state index < -0.39 is 0 Å². The van der Waals surface area contributed by atoms with Crippen LogP contribution < -0.4 is 25.0 Å². The van der Waals surface area contributed by atoms with Crippen LogP contribution in [0.2, 0.25) is 0 Å². The molecular weight excluding hydrogens is 432 g/mol. The van der Waals surface area contributed by atoms with E-state index >= 15 is 0 Å². The highest BCUT2D eigenvalue weighted by molar-refractivity contribution is 6.06.